The van der Waals surface area contributed by atoms with Gasteiger partial charge in [0.25, 0.3) is 5.91 Å². The summed E-state index contributed by atoms with van der Waals surface area (Å²) in [6.45, 7) is 5.11. The fourth-order valence-electron chi connectivity index (χ4n) is 3.86. The van der Waals surface area contributed by atoms with Gasteiger partial charge in [0.05, 0.1) is 30.0 Å². The first-order valence-electron chi connectivity index (χ1n) is 10.5. The topological polar surface area (TPSA) is 93.5 Å². The number of nitrogens with one attached hydrogen (secondary N) is 1. The predicted molar refractivity (Wildman–Crippen MR) is 113 cm³/mol. The third kappa shape index (κ3) is 4.70. The number of nitrogens with zero attached hydrogens (tertiary/aromatic N) is 3. The number of hydrogen-bond donors (Lipinski definition) is 1. The standard InChI is InChI=1S/C23H28N4O3/c1-16(2)11-14-26(13-6-12-24)22(29)17-7-5-8-18(15-17)27-23(30)20-10-4-3-9-19(20)21(28)25-27/h3-5,7-8,15-16,19-20H,6,9-11,13-14H2,1-2H3,(H,25,28). The Balaban J connectivity index is 1.81. The highest BCUT2D eigenvalue weighted by atomic mass is 16.2. The second-order valence-corrected chi connectivity index (χ2v) is 8.24. The molecule has 1 fully saturated rings. The van der Waals surface area contributed by atoms with Gasteiger partial charge in [0.15, 0.2) is 0 Å². The van der Waals surface area contributed by atoms with E-state index in [1.54, 1.807) is 29.2 Å². The summed E-state index contributed by atoms with van der Waals surface area (Å²) in [7, 11) is 0. The summed E-state index contributed by atoms with van der Waals surface area (Å²) in [5.74, 6) is -0.778. The molecule has 158 valence electrons. The van der Waals surface area contributed by atoms with Crippen LogP contribution in [0.2, 0.25) is 0 Å². The molecular weight excluding hydrogens is 380 g/mol. The van der Waals surface area contributed by atoms with Gasteiger partial charge in [-0.05, 0) is 43.4 Å². The van der Waals surface area contributed by atoms with Crippen LogP contribution >= 0.6 is 0 Å². The molecule has 0 radical (unpaired) electrons. The maximum absolute atomic E-state index is 13.1. The molecule has 3 amide bonds. The quantitative estimate of drug-likeness (QED) is 0.702. The summed E-state index contributed by atoms with van der Waals surface area (Å²) in [4.78, 5) is 40.3. The van der Waals surface area contributed by atoms with Crippen molar-refractivity contribution in [3.63, 3.8) is 0 Å². The minimum Gasteiger partial charge on any atom is -0.338 e. The fourth-order valence-corrected chi connectivity index (χ4v) is 3.86. The number of hydrazine groups is 1. The molecule has 30 heavy (non-hydrogen) atoms. The number of allylic oxidation sites excluding steroid dienone is 2. The second kappa shape index (κ2) is 9.57. The van der Waals surface area contributed by atoms with Crippen LogP contribution in [0.15, 0.2) is 36.4 Å². The van der Waals surface area contributed by atoms with Gasteiger partial charge in [0.2, 0.25) is 11.8 Å². The smallest absolute Gasteiger partial charge is 0.253 e. The van der Waals surface area contributed by atoms with Crippen LogP contribution in [-0.2, 0) is 9.59 Å². The Morgan fingerprint density at radius 3 is 2.67 bits per heavy atom. The van der Waals surface area contributed by atoms with Crippen molar-refractivity contribution in [2.24, 2.45) is 17.8 Å². The van der Waals surface area contributed by atoms with Crippen LogP contribution in [0.1, 0.15) is 49.9 Å². The van der Waals surface area contributed by atoms with Crippen LogP contribution in [0, 0.1) is 29.1 Å². The molecular formula is C23H28N4O3. The lowest BCUT2D eigenvalue weighted by Crippen LogP contribution is -2.59. The Kier molecular flexibility index (Phi) is 6.88. The lowest BCUT2D eigenvalue weighted by molar-refractivity contribution is -0.139. The molecule has 0 aromatic heterocycles. The Hall–Kier alpha value is -3.14. The predicted octanol–water partition coefficient (Wildman–Crippen LogP) is 3.05. The molecule has 0 saturated carbocycles. The lowest BCUT2D eigenvalue weighted by atomic mass is 9.80. The van der Waals surface area contributed by atoms with Gasteiger partial charge in [-0.3, -0.25) is 19.8 Å². The van der Waals surface area contributed by atoms with Crippen molar-refractivity contribution in [2.75, 3.05) is 18.1 Å². The van der Waals surface area contributed by atoms with Crippen molar-refractivity contribution in [1.82, 2.24) is 10.3 Å². The van der Waals surface area contributed by atoms with E-state index in [2.05, 4.69) is 25.3 Å². The van der Waals surface area contributed by atoms with Crippen LogP contribution in [-0.4, -0.2) is 35.7 Å². The van der Waals surface area contributed by atoms with E-state index in [1.165, 1.54) is 5.01 Å². The van der Waals surface area contributed by atoms with E-state index in [0.717, 1.165) is 6.42 Å². The van der Waals surface area contributed by atoms with E-state index in [4.69, 9.17) is 5.26 Å². The third-order valence-corrected chi connectivity index (χ3v) is 5.64. The van der Waals surface area contributed by atoms with E-state index >= 15 is 0 Å². The SMILES string of the molecule is CC(C)CCN(CCC#N)C(=O)c1cccc(N2NC(=O)C3CC=CCC3C2=O)c1. The minimum absolute atomic E-state index is 0.158. The average Bonchev–Trinajstić information content (AvgIpc) is 2.76. The van der Waals surface area contributed by atoms with E-state index < -0.39 is 0 Å². The van der Waals surface area contributed by atoms with Crippen molar-refractivity contribution >= 4 is 23.4 Å². The number of anilines is 1. The van der Waals surface area contributed by atoms with Crippen LogP contribution in [0.25, 0.3) is 0 Å². The number of fused-ring (bicyclic) bond motifs is 1. The summed E-state index contributed by atoms with van der Waals surface area (Å²) in [6.07, 6.45) is 6.10. The summed E-state index contributed by atoms with van der Waals surface area (Å²) in [5.41, 5.74) is 3.60. The van der Waals surface area contributed by atoms with Gasteiger partial charge in [-0.2, -0.15) is 5.26 Å². The molecule has 7 nitrogen and oxygen atoms in total. The van der Waals surface area contributed by atoms with Crippen molar-refractivity contribution in [3.8, 4) is 6.07 Å². The monoisotopic (exact) mass is 408 g/mol. The Labute approximate surface area is 177 Å². The van der Waals surface area contributed by atoms with Crippen molar-refractivity contribution in [1.29, 1.82) is 5.26 Å². The molecule has 2 aliphatic rings. The highest BCUT2D eigenvalue weighted by molar-refractivity contribution is 6.05. The molecule has 1 aliphatic heterocycles. The van der Waals surface area contributed by atoms with Crippen LogP contribution < -0.4 is 10.4 Å². The number of carbonyl (C=O) groups is 3. The normalized spacial score (nSPS) is 20.5. The summed E-state index contributed by atoms with van der Waals surface area (Å²) < 4.78 is 0. The fraction of sp³-hybridized carbons (Fsp3) is 0.478. The second-order valence-electron chi connectivity index (χ2n) is 8.24. The summed E-state index contributed by atoms with van der Waals surface area (Å²) in [6, 6.07) is 8.84. The zero-order valence-corrected chi connectivity index (χ0v) is 17.5. The molecule has 1 aliphatic carbocycles. The van der Waals surface area contributed by atoms with Crippen LogP contribution in [0.5, 0.6) is 0 Å². The molecule has 2 atom stereocenters. The van der Waals surface area contributed by atoms with Crippen molar-refractivity contribution < 1.29 is 14.4 Å². The average molecular weight is 409 g/mol. The number of amides is 3. The van der Waals surface area contributed by atoms with Gasteiger partial charge >= 0.3 is 0 Å². The third-order valence-electron chi connectivity index (χ3n) is 5.64. The highest BCUT2D eigenvalue weighted by Gasteiger charge is 2.42. The lowest BCUT2D eigenvalue weighted by Gasteiger charge is -2.38. The molecule has 1 heterocycles. The highest BCUT2D eigenvalue weighted by Crippen LogP contribution is 2.32. The molecule has 0 bridgehead atoms. The van der Waals surface area contributed by atoms with E-state index in [1.807, 2.05) is 12.2 Å². The Bertz CT molecular complexity index is 887. The number of hydrogen-bond acceptors (Lipinski definition) is 4. The molecule has 1 aromatic rings. The van der Waals surface area contributed by atoms with Gasteiger partial charge in [-0.15, -0.1) is 0 Å². The molecule has 1 N–H and O–H groups in total. The first kappa shape index (κ1) is 21.6. The van der Waals surface area contributed by atoms with Gasteiger partial charge in [0.1, 0.15) is 0 Å². The molecule has 0 spiro atoms. The van der Waals surface area contributed by atoms with Crippen LogP contribution in [0.4, 0.5) is 5.69 Å². The summed E-state index contributed by atoms with van der Waals surface area (Å²) >= 11 is 0. The summed E-state index contributed by atoms with van der Waals surface area (Å²) in [5, 5.41) is 10.2. The maximum atomic E-state index is 13.1. The number of benzene rings is 1. The molecule has 2 unspecified atom stereocenters. The van der Waals surface area contributed by atoms with E-state index in [0.29, 0.717) is 43.1 Å². The Morgan fingerprint density at radius 2 is 1.97 bits per heavy atom. The number of carbonyl (C=O) groups excluding carboxylic acids is 3. The zero-order valence-electron chi connectivity index (χ0n) is 17.5. The molecule has 3 rings (SSSR count). The van der Waals surface area contributed by atoms with Gasteiger partial charge < -0.3 is 4.90 Å². The Morgan fingerprint density at radius 1 is 1.23 bits per heavy atom. The largest absolute Gasteiger partial charge is 0.338 e. The van der Waals surface area contributed by atoms with E-state index in [-0.39, 0.29) is 36.0 Å². The van der Waals surface area contributed by atoms with Gasteiger partial charge in [-0.1, -0.05) is 32.1 Å². The van der Waals surface area contributed by atoms with Gasteiger partial charge in [-0.25, -0.2) is 5.01 Å². The van der Waals surface area contributed by atoms with E-state index in [9.17, 15) is 14.4 Å². The maximum Gasteiger partial charge on any atom is 0.253 e. The molecule has 7 heteroatoms. The minimum atomic E-state index is -0.374. The number of rotatable bonds is 7. The number of nitriles is 1. The first-order valence-corrected chi connectivity index (χ1v) is 10.5. The van der Waals surface area contributed by atoms with Crippen LogP contribution in [0.3, 0.4) is 0 Å². The zero-order chi connectivity index (χ0) is 21.7. The van der Waals surface area contributed by atoms with Gasteiger partial charge in [0, 0.05) is 18.7 Å². The van der Waals surface area contributed by atoms with Crippen molar-refractivity contribution in [2.45, 2.75) is 39.5 Å². The van der Waals surface area contributed by atoms with Crippen molar-refractivity contribution in [3.05, 3.63) is 42.0 Å². The molecule has 1 saturated heterocycles. The molecule has 1 aromatic carbocycles. The first-order chi connectivity index (χ1) is 14.4.